The lowest BCUT2D eigenvalue weighted by Gasteiger charge is -2.38. The third-order valence-electron chi connectivity index (χ3n) is 8.94. The third kappa shape index (κ3) is 8.17. The maximum absolute atomic E-state index is 13.9. The highest BCUT2D eigenvalue weighted by molar-refractivity contribution is 6.06. The Labute approximate surface area is 296 Å². The smallest absolute Gasteiger partial charge is 0.323 e. The van der Waals surface area contributed by atoms with E-state index in [0.29, 0.717) is 59.4 Å². The standard InChI is InChI=1S/C38H42N6O7/c1-23-18-44(24(2)21-45)37(47)28-7-6-10-31(42-38(48)40-27-15-16-32-33(17-27)50-22-49-32)35(28)51-34(23)20-43(3)19-25-11-13-26(14-12-25)36(46)41-30-9-5-4-8-29(30)39/h4-17,23-24,34,45H,18-22,39H2,1-3H3,(H,41,46)(H2,40,42,48)/t23-,24-,34-/m1/s1. The number of hydrogen-bond acceptors (Lipinski definition) is 9. The van der Waals surface area contributed by atoms with Crippen LogP contribution in [0.15, 0.2) is 84.9 Å². The van der Waals surface area contributed by atoms with Gasteiger partial charge >= 0.3 is 6.03 Å². The molecule has 3 atom stereocenters. The second-order valence-corrected chi connectivity index (χ2v) is 12.9. The lowest BCUT2D eigenvalue weighted by Crippen LogP contribution is -2.49. The van der Waals surface area contributed by atoms with Gasteiger partial charge < -0.3 is 45.9 Å². The first-order chi connectivity index (χ1) is 24.6. The molecule has 13 nitrogen and oxygen atoms in total. The van der Waals surface area contributed by atoms with E-state index in [1.165, 1.54) is 0 Å². The number of ether oxygens (including phenoxy) is 3. The van der Waals surface area contributed by atoms with E-state index in [0.717, 1.165) is 5.56 Å². The van der Waals surface area contributed by atoms with E-state index >= 15 is 0 Å². The number of para-hydroxylation sites is 3. The van der Waals surface area contributed by atoms with Crippen molar-refractivity contribution in [3.8, 4) is 17.2 Å². The quantitative estimate of drug-likeness (QED) is 0.139. The number of nitrogens with zero attached hydrogens (tertiary/aromatic N) is 2. The fourth-order valence-electron chi connectivity index (χ4n) is 6.07. The van der Waals surface area contributed by atoms with Crippen molar-refractivity contribution < 1.29 is 33.7 Å². The van der Waals surface area contributed by atoms with E-state index < -0.39 is 18.2 Å². The second-order valence-electron chi connectivity index (χ2n) is 12.9. The van der Waals surface area contributed by atoms with E-state index in [-0.39, 0.29) is 42.4 Å². The van der Waals surface area contributed by atoms with Crippen molar-refractivity contribution in [3.63, 3.8) is 0 Å². The summed E-state index contributed by atoms with van der Waals surface area (Å²) in [6, 6.07) is 23.6. The Kier molecular flexibility index (Phi) is 10.6. The molecule has 2 aliphatic heterocycles. The maximum atomic E-state index is 13.9. The van der Waals surface area contributed by atoms with Crippen molar-refractivity contribution >= 4 is 40.6 Å². The van der Waals surface area contributed by atoms with Gasteiger partial charge in [-0.25, -0.2) is 4.79 Å². The third-order valence-corrected chi connectivity index (χ3v) is 8.94. The normalized spacial score (nSPS) is 17.1. The van der Waals surface area contributed by atoms with Crippen LogP contribution in [0.3, 0.4) is 0 Å². The van der Waals surface area contributed by atoms with Gasteiger partial charge in [-0.3, -0.25) is 14.5 Å². The van der Waals surface area contributed by atoms with Gasteiger partial charge in [0, 0.05) is 42.9 Å². The summed E-state index contributed by atoms with van der Waals surface area (Å²) in [5, 5.41) is 18.5. The molecule has 4 aromatic rings. The van der Waals surface area contributed by atoms with Crippen LogP contribution >= 0.6 is 0 Å². The van der Waals surface area contributed by atoms with Gasteiger partial charge in [0.15, 0.2) is 17.2 Å². The van der Waals surface area contributed by atoms with Gasteiger partial charge in [0.25, 0.3) is 11.8 Å². The molecule has 266 valence electrons. The zero-order chi connectivity index (χ0) is 36.1. The highest BCUT2D eigenvalue weighted by atomic mass is 16.7. The highest BCUT2D eigenvalue weighted by Crippen LogP contribution is 2.36. The molecule has 0 saturated carbocycles. The van der Waals surface area contributed by atoms with Gasteiger partial charge in [0.1, 0.15) is 6.10 Å². The topological polar surface area (TPSA) is 168 Å². The molecule has 0 fully saturated rings. The zero-order valence-corrected chi connectivity index (χ0v) is 28.7. The molecular weight excluding hydrogens is 652 g/mol. The van der Waals surface area contributed by atoms with Gasteiger partial charge in [0.2, 0.25) is 6.79 Å². The Bertz CT molecular complexity index is 1900. The molecule has 13 heteroatoms. The number of nitrogens with one attached hydrogen (secondary N) is 3. The van der Waals surface area contributed by atoms with Crippen molar-refractivity contribution in [1.29, 1.82) is 0 Å². The molecule has 4 aromatic carbocycles. The molecule has 0 saturated heterocycles. The molecule has 0 radical (unpaired) electrons. The van der Waals surface area contributed by atoms with Crippen LogP contribution in [0, 0.1) is 5.92 Å². The number of aliphatic hydroxyl groups is 1. The molecule has 0 aliphatic carbocycles. The molecule has 2 heterocycles. The Hall–Kier alpha value is -5.79. The summed E-state index contributed by atoms with van der Waals surface area (Å²) in [6.07, 6.45) is -0.406. The molecule has 0 bridgehead atoms. The van der Waals surface area contributed by atoms with Crippen molar-refractivity contribution in [2.24, 2.45) is 5.92 Å². The van der Waals surface area contributed by atoms with Crippen LogP contribution in [-0.2, 0) is 6.54 Å². The van der Waals surface area contributed by atoms with Crippen molar-refractivity contribution in [2.45, 2.75) is 32.5 Å². The van der Waals surface area contributed by atoms with Crippen LogP contribution in [0.25, 0.3) is 0 Å². The molecule has 2 aliphatic rings. The minimum atomic E-state index is -0.535. The van der Waals surface area contributed by atoms with Gasteiger partial charge in [-0.15, -0.1) is 0 Å². The van der Waals surface area contributed by atoms with E-state index in [9.17, 15) is 19.5 Å². The number of benzene rings is 4. The number of urea groups is 1. The number of hydrogen-bond donors (Lipinski definition) is 5. The largest absolute Gasteiger partial charge is 0.486 e. The van der Waals surface area contributed by atoms with Crippen LogP contribution in [0.1, 0.15) is 40.1 Å². The SMILES string of the molecule is C[C@@H]1CN([C@H](C)CO)C(=O)c2cccc(NC(=O)Nc3ccc4c(c3)OCO4)c2O[C@@H]1CN(C)Cc1ccc(C(=O)Nc2ccccc2N)cc1. The molecule has 0 unspecified atom stereocenters. The van der Waals surface area contributed by atoms with E-state index in [1.807, 2.05) is 32.2 Å². The van der Waals surface area contributed by atoms with Crippen molar-refractivity contribution in [2.75, 3.05) is 55.2 Å². The first-order valence-corrected chi connectivity index (χ1v) is 16.7. The number of likely N-dealkylation sites (N-methyl/N-ethyl adjacent to an activating group) is 1. The number of carbonyl (C=O) groups is 3. The summed E-state index contributed by atoms with van der Waals surface area (Å²) in [7, 11) is 1.97. The summed E-state index contributed by atoms with van der Waals surface area (Å²) in [4.78, 5) is 43.7. The first kappa shape index (κ1) is 35.1. The number of nitrogens with two attached hydrogens (primary N) is 1. The van der Waals surface area contributed by atoms with Crippen LogP contribution in [-0.4, -0.2) is 78.4 Å². The van der Waals surface area contributed by atoms with Crippen LogP contribution < -0.4 is 35.9 Å². The van der Waals surface area contributed by atoms with Crippen molar-refractivity contribution in [1.82, 2.24) is 9.80 Å². The summed E-state index contributed by atoms with van der Waals surface area (Å²) < 4.78 is 17.4. The molecular formula is C38H42N6O7. The molecule has 51 heavy (non-hydrogen) atoms. The Morgan fingerprint density at radius 3 is 2.47 bits per heavy atom. The van der Waals surface area contributed by atoms with E-state index in [2.05, 4.69) is 20.9 Å². The number of aliphatic hydroxyl groups excluding tert-OH is 1. The Morgan fingerprint density at radius 2 is 1.71 bits per heavy atom. The minimum absolute atomic E-state index is 0.115. The van der Waals surface area contributed by atoms with Gasteiger partial charge in [-0.1, -0.05) is 37.3 Å². The molecule has 0 spiro atoms. The number of nitrogen functional groups attached to an aromatic ring is 1. The average molecular weight is 695 g/mol. The number of amides is 4. The summed E-state index contributed by atoms with van der Waals surface area (Å²) in [5.41, 5.74) is 9.61. The zero-order valence-electron chi connectivity index (χ0n) is 28.7. The van der Waals surface area contributed by atoms with Crippen LogP contribution in [0.5, 0.6) is 17.2 Å². The molecule has 4 amide bonds. The maximum Gasteiger partial charge on any atom is 0.323 e. The van der Waals surface area contributed by atoms with Crippen molar-refractivity contribution in [3.05, 3.63) is 102 Å². The number of anilines is 4. The highest BCUT2D eigenvalue weighted by Gasteiger charge is 2.34. The van der Waals surface area contributed by atoms with E-state index in [1.54, 1.807) is 78.6 Å². The number of fused-ring (bicyclic) bond motifs is 2. The predicted molar refractivity (Wildman–Crippen MR) is 194 cm³/mol. The second kappa shape index (κ2) is 15.4. The molecule has 0 aromatic heterocycles. The monoisotopic (exact) mass is 694 g/mol. The average Bonchev–Trinajstić information content (AvgIpc) is 3.59. The summed E-state index contributed by atoms with van der Waals surface area (Å²) in [6.45, 7) is 5.10. The first-order valence-electron chi connectivity index (χ1n) is 16.7. The van der Waals surface area contributed by atoms with Gasteiger partial charge in [0.05, 0.1) is 35.3 Å². The van der Waals surface area contributed by atoms with Gasteiger partial charge in [-0.05, 0) is 68.1 Å². The number of rotatable bonds is 10. The fraction of sp³-hybridized carbons (Fsp3) is 0.289. The minimum Gasteiger partial charge on any atom is -0.486 e. The van der Waals surface area contributed by atoms with Crippen LogP contribution in [0.4, 0.5) is 27.5 Å². The fourth-order valence-corrected chi connectivity index (χ4v) is 6.07. The lowest BCUT2D eigenvalue weighted by molar-refractivity contribution is 0.0343. The molecule has 6 rings (SSSR count). The number of carbonyl (C=O) groups excluding carboxylic acids is 3. The lowest BCUT2D eigenvalue weighted by atomic mass is 9.98. The Morgan fingerprint density at radius 1 is 0.961 bits per heavy atom. The van der Waals surface area contributed by atoms with E-state index in [4.69, 9.17) is 19.9 Å². The summed E-state index contributed by atoms with van der Waals surface area (Å²) >= 11 is 0. The van der Waals surface area contributed by atoms with Gasteiger partial charge in [-0.2, -0.15) is 0 Å². The molecule has 6 N–H and O–H groups in total. The van der Waals surface area contributed by atoms with Crippen LogP contribution in [0.2, 0.25) is 0 Å². The summed E-state index contributed by atoms with van der Waals surface area (Å²) in [5.74, 6) is 0.667. The Balaban J connectivity index is 1.18. The predicted octanol–water partition coefficient (Wildman–Crippen LogP) is 5.25.